The van der Waals surface area contributed by atoms with Crippen molar-refractivity contribution in [3.8, 4) is 5.75 Å². The maximum absolute atomic E-state index is 12.1. The average Bonchev–Trinajstić information content (AvgIpc) is 2.81. The van der Waals surface area contributed by atoms with Crippen LogP contribution in [0.1, 0.15) is 18.0 Å². The van der Waals surface area contributed by atoms with Crippen molar-refractivity contribution >= 4 is 15.7 Å². The lowest BCUT2D eigenvalue weighted by molar-refractivity contribution is -0.122. The zero-order valence-electron chi connectivity index (χ0n) is 11.5. The molecule has 1 aromatic carbocycles. The molecule has 2 atom stereocenters. The Kier molecular flexibility index (Phi) is 3.86. The highest BCUT2D eigenvalue weighted by Crippen LogP contribution is 2.31. The smallest absolute Gasteiger partial charge is 0.222 e. The molecule has 1 fully saturated rings. The number of rotatable bonds is 3. The van der Waals surface area contributed by atoms with E-state index in [-0.39, 0.29) is 35.9 Å². The molecular weight excluding hydrogens is 292 g/mol. The third kappa shape index (κ3) is 3.36. The Morgan fingerprint density at radius 3 is 3.00 bits per heavy atom. The van der Waals surface area contributed by atoms with Crippen LogP contribution in [0.4, 0.5) is 0 Å². The Labute approximate surface area is 123 Å². The highest BCUT2D eigenvalue weighted by Gasteiger charge is 2.29. The first-order chi connectivity index (χ1) is 10.0. The molecule has 6 nitrogen and oxygen atoms in total. The van der Waals surface area contributed by atoms with Gasteiger partial charge in [0.2, 0.25) is 5.91 Å². The largest absolute Gasteiger partial charge is 0.491 e. The summed E-state index contributed by atoms with van der Waals surface area (Å²) < 4.78 is 28.6. The summed E-state index contributed by atoms with van der Waals surface area (Å²) in [6.07, 6.45) is 0.165. The van der Waals surface area contributed by atoms with Gasteiger partial charge < -0.3 is 15.4 Å². The first kappa shape index (κ1) is 14.3. The monoisotopic (exact) mass is 310 g/mol. The van der Waals surface area contributed by atoms with Crippen LogP contribution in [-0.2, 0) is 14.6 Å². The van der Waals surface area contributed by atoms with Gasteiger partial charge in [-0.15, -0.1) is 0 Å². The molecule has 0 aliphatic carbocycles. The van der Waals surface area contributed by atoms with Gasteiger partial charge in [0, 0.05) is 24.6 Å². The van der Waals surface area contributed by atoms with Crippen LogP contribution in [0, 0.1) is 0 Å². The SMILES string of the molecule is O=C(CC1CS(=O)(=O)CCN1)NC1COc2ccccc21. The Hall–Kier alpha value is -1.60. The molecule has 2 unspecified atom stereocenters. The van der Waals surface area contributed by atoms with Crippen LogP contribution >= 0.6 is 0 Å². The summed E-state index contributed by atoms with van der Waals surface area (Å²) in [5.74, 6) is 0.809. The number of ether oxygens (including phenoxy) is 1. The molecule has 0 radical (unpaired) electrons. The number of sulfone groups is 1. The minimum absolute atomic E-state index is 0.0260. The van der Waals surface area contributed by atoms with Gasteiger partial charge in [0.15, 0.2) is 9.84 Å². The standard InChI is InChI=1S/C14H18N2O4S/c17-14(7-10-9-21(18,19)6-5-15-10)16-12-8-20-13-4-2-1-3-11(12)13/h1-4,10,12,15H,5-9H2,(H,16,17). The van der Waals surface area contributed by atoms with Crippen molar-refractivity contribution < 1.29 is 17.9 Å². The topological polar surface area (TPSA) is 84.5 Å². The summed E-state index contributed by atoms with van der Waals surface area (Å²) in [6, 6.07) is 7.13. The molecule has 0 saturated carbocycles. The third-order valence-electron chi connectivity index (χ3n) is 3.77. The molecule has 1 aromatic rings. The van der Waals surface area contributed by atoms with Gasteiger partial charge in [-0.05, 0) is 6.07 Å². The Morgan fingerprint density at radius 2 is 2.19 bits per heavy atom. The van der Waals surface area contributed by atoms with E-state index in [0.717, 1.165) is 11.3 Å². The fraction of sp³-hybridized carbons (Fsp3) is 0.500. The number of carbonyl (C=O) groups excluding carboxylic acids is 1. The van der Waals surface area contributed by atoms with Crippen LogP contribution in [0.2, 0.25) is 0 Å². The summed E-state index contributed by atoms with van der Waals surface area (Å²) in [7, 11) is -3.02. The fourth-order valence-corrected chi connectivity index (χ4v) is 4.20. The Balaban J connectivity index is 1.58. The Morgan fingerprint density at radius 1 is 1.38 bits per heavy atom. The number of hydrogen-bond acceptors (Lipinski definition) is 5. The second-order valence-corrected chi connectivity index (χ2v) is 7.67. The van der Waals surface area contributed by atoms with Crippen LogP contribution in [0.3, 0.4) is 0 Å². The molecule has 2 heterocycles. The molecule has 1 amide bonds. The van der Waals surface area contributed by atoms with Crippen molar-refractivity contribution in [3.05, 3.63) is 29.8 Å². The molecule has 2 N–H and O–H groups in total. The van der Waals surface area contributed by atoms with E-state index in [4.69, 9.17) is 4.74 Å². The van der Waals surface area contributed by atoms with Crippen LogP contribution in [0.5, 0.6) is 5.75 Å². The number of amides is 1. The molecule has 0 bridgehead atoms. The first-order valence-electron chi connectivity index (χ1n) is 6.98. The van der Waals surface area contributed by atoms with Crippen molar-refractivity contribution in [1.29, 1.82) is 0 Å². The van der Waals surface area contributed by atoms with Crippen molar-refractivity contribution in [2.24, 2.45) is 0 Å². The van der Waals surface area contributed by atoms with Crippen LogP contribution in [0.25, 0.3) is 0 Å². The summed E-state index contributed by atoms with van der Waals surface area (Å²) in [5, 5.41) is 5.99. The molecule has 114 valence electrons. The van der Waals surface area contributed by atoms with Crippen LogP contribution < -0.4 is 15.4 Å². The molecule has 0 spiro atoms. The average molecular weight is 310 g/mol. The lowest BCUT2D eigenvalue weighted by Crippen LogP contribution is -2.47. The van der Waals surface area contributed by atoms with Crippen molar-refractivity contribution in [2.75, 3.05) is 24.7 Å². The maximum Gasteiger partial charge on any atom is 0.222 e. The molecule has 21 heavy (non-hydrogen) atoms. The molecule has 2 aliphatic rings. The fourth-order valence-electron chi connectivity index (χ4n) is 2.76. The van der Waals surface area contributed by atoms with Gasteiger partial charge in [-0.3, -0.25) is 4.79 Å². The van der Waals surface area contributed by atoms with Gasteiger partial charge in [0.25, 0.3) is 0 Å². The lowest BCUT2D eigenvalue weighted by Gasteiger charge is -2.23. The first-order valence-corrected chi connectivity index (χ1v) is 8.80. The van der Waals surface area contributed by atoms with E-state index in [1.165, 1.54) is 0 Å². The van der Waals surface area contributed by atoms with Crippen molar-refractivity contribution in [1.82, 2.24) is 10.6 Å². The van der Waals surface area contributed by atoms with E-state index < -0.39 is 9.84 Å². The van der Waals surface area contributed by atoms with Gasteiger partial charge in [-0.2, -0.15) is 0 Å². The van der Waals surface area contributed by atoms with Gasteiger partial charge >= 0.3 is 0 Å². The lowest BCUT2D eigenvalue weighted by atomic mass is 10.1. The summed E-state index contributed by atoms with van der Waals surface area (Å²) >= 11 is 0. The van der Waals surface area contributed by atoms with Gasteiger partial charge in [-0.25, -0.2) is 8.42 Å². The van der Waals surface area contributed by atoms with Crippen molar-refractivity contribution in [3.63, 3.8) is 0 Å². The van der Waals surface area contributed by atoms with Gasteiger partial charge in [-0.1, -0.05) is 18.2 Å². The van der Waals surface area contributed by atoms with E-state index in [1.54, 1.807) is 0 Å². The number of hydrogen-bond donors (Lipinski definition) is 2. The van der Waals surface area contributed by atoms with Gasteiger partial charge in [0.1, 0.15) is 12.4 Å². The number of carbonyl (C=O) groups is 1. The third-order valence-corrected chi connectivity index (χ3v) is 5.50. The summed E-state index contributed by atoms with van der Waals surface area (Å²) in [6.45, 7) is 0.830. The van der Waals surface area contributed by atoms with E-state index >= 15 is 0 Å². The van der Waals surface area contributed by atoms with Crippen molar-refractivity contribution in [2.45, 2.75) is 18.5 Å². The molecule has 3 rings (SSSR count). The second-order valence-electron chi connectivity index (χ2n) is 5.44. The van der Waals surface area contributed by atoms with E-state index in [0.29, 0.717) is 13.2 Å². The Bertz CT molecular complexity index is 644. The van der Waals surface area contributed by atoms with Crippen LogP contribution in [-0.4, -0.2) is 45.0 Å². The number of nitrogens with one attached hydrogen (secondary N) is 2. The molecule has 0 aromatic heterocycles. The van der Waals surface area contributed by atoms with Gasteiger partial charge in [0.05, 0.1) is 17.5 Å². The molecule has 2 aliphatic heterocycles. The zero-order valence-corrected chi connectivity index (χ0v) is 12.4. The highest BCUT2D eigenvalue weighted by molar-refractivity contribution is 7.91. The normalized spacial score (nSPS) is 26.7. The number of benzene rings is 1. The predicted octanol–water partition coefficient (Wildman–Crippen LogP) is 0.0130. The van der Waals surface area contributed by atoms with Crippen LogP contribution in [0.15, 0.2) is 24.3 Å². The summed E-state index contributed by atoms with van der Waals surface area (Å²) in [5.41, 5.74) is 0.968. The van der Waals surface area contributed by atoms with E-state index in [2.05, 4.69) is 10.6 Å². The second kappa shape index (κ2) is 5.65. The maximum atomic E-state index is 12.1. The quantitative estimate of drug-likeness (QED) is 0.822. The van der Waals surface area contributed by atoms with E-state index in [1.807, 2.05) is 24.3 Å². The zero-order chi connectivity index (χ0) is 14.9. The summed E-state index contributed by atoms with van der Waals surface area (Å²) in [4.78, 5) is 12.1. The van der Waals surface area contributed by atoms with E-state index in [9.17, 15) is 13.2 Å². The minimum atomic E-state index is -3.02. The number of fused-ring (bicyclic) bond motifs is 1. The number of para-hydroxylation sites is 1. The minimum Gasteiger partial charge on any atom is -0.491 e. The molecule has 7 heteroatoms. The molecule has 1 saturated heterocycles. The predicted molar refractivity (Wildman–Crippen MR) is 77.9 cm³/mol. The molecular formula is C14H18N2O4S. The highest BCUT2D eigenvalue weighted by atomic mass is 32.2.